The molecule has 2 N–H and O–H groups in total. The zero-order chi connectivity index (χ0) is 9.84. The normalized spacial score (nSPS) is 9.38. The molecule has 0 bridgehead atoms. The lowest BCUT2D eigenvalue weighted by Gasteiger charge is -2.06. The highest BCUT2D eigenvalue weighted by Gasteiger charge is 2.08. The van der Waals surface area contributed by atoms with Crippen LogP contribution in [0.15, 0.2) is 12.3 Å². The van der Waals surface area contributed by atoms with Crippen LogP contribution >= 0.6 is 0 Å². The van der Waals surface area contributed by atoms with Gasteiger partial charge in [0.25, 0.3) is 0 Å². The van der Waals surface area contributed by atoms with Crippen molar-refractivity contribution in [1.82, 2.24) is 4.98 Å². The van der Waals surface area contributed by atoms with Crippen molar-refractivity contribution in [3.63, 3.8) is 0 Å². The zero-order valence-corrected chi connectivity index (χ0v) is 7.37. The molecule has 70 valence electrons. The number of methoxy groups -OCH3 is 1. The fourth-order valence-corrected chi connectivity index (χ4v) is 0.905. The lowest BCUT2D eigenvalue weighted by Crippen LogP contribution is -2.02. The molecule has 5 heteroatoms. The highest BCUT2D eigenvalue weighted by molar-refractivity contribution is 5.88. The summed E-state index contributed by atoms with van der Waals surface area (Å²) in [5, 5.41) is 11.4. The average Bonchev–Trinajstić information content (AvgIpc) is 2.16. The van der Waals surface area contributed by atoms with Gasteiger partial charge in [0, 0.05) is 19.3 Å². The first-order valence-corrected chi connectivity index (χ1v) is 3.64. The molecule has 0 saturated carbocycles. The Morgan fingerprint density at radius 2 is 2.38 bits per heavy atom. The summed E-state index contributed by atoms with van der Waals surface area (Å²) in [6.07, 6.45) is 1.27. The van der Waals surface area contributed by atoms with Crippen LogP contribution in [0, 0.1) is 0 Å². The first-order valence-electron chi connectivity index (χ1n) is 3.64. The first-order chi connectivity index (χ1) is 6.19. The van der Waals surface area contributed by atoms with E-state index in [0.29, 0.717) is 11.6 Å². The number of anilines is 1. The van der Waals surface area contributed by atoms with E-state index >= 15 is 0 Å². The highest BCUT2D eigenvalue weighted by Crippen LogP contribution is 2.21. The van der Waals surface area contributed by atoms with Gasteiger partial charge in [-0.15, -0.1) is 0 Å². The van der Waals surface area contributed by atoms with Gasteiger partial charge in [0.2, 0.25) is 0 Å². The van der Waals surface area contributed by atoms with Gasteiger partial charge < -0.3 is 15.2 Å². The summed E-state index contributed by atoms with van der Waals surface area (Å²) < 4.78 is 4.94. The van der Waals surface area contributed by atoms with Crippen molar-refractivity contribution in [2.45, 2.75) is 0 Å². The molecule has 1 heterocycles. The van der Waals surface area contributed by atoms with Gasteiger partial charge in [0.1, 0.15) is 0 Å². The first kappa shape index (κ1) is 9.31. The topological polar surface area (TPSA) is 71.5 Å². The molecular weight excluding hydrogens is 172 g/mol. The molecule has 0 amide bonds. The third kappa shape index (κ3) is 1.87. The average molecular weight is 182 g/mol. The number of aromatic nitrogens is 1. The number of aromatic carboxylic acids is 1. The van der Waals surface area contributed by atoms with Crippen LogP contribution in [-0.4, -0.2) is 30.2 Å². The quantitative estimate of drug-likeness (QED) is 0.724. The van der Waals surface area contributed by atoms with Crippen molar-refractivity contribution in [3.05, 3.63) is 17.8 Å². The summed E-state index contributed by atoms with van der Waals surface area (Å²) in [6.45, 7) is 0. The Hall–Kier alpha value is -1.78. The smallest absolute Gasteiger partial charge is 0.337 e. The van der Waals surface area contributed by atoms with Gasteiger partial charge in [0.15, 0.2) is 11.6 Å². The molecule has 5 nitrogen and oxygen atoms in total. The molecule has 0 aliphatic carbocycles. The second kappa shape index (κ2) is 3.75. The Balaban J connectivity index is 3.13. The van der Waals surface area contributed by atoms with Crippen molar-refractivity contribution < 1.29 is 14.6 Å². The fraction of sp³-hybridized carbons (Fsp3) is 0.250. The number of ether oxygens (including phenoxy) is 1. The number of hydrogen-bond acceptors (Lipinski definition) is 4. The number of pyridine rings is 1. The zero-order valence-electron chi connectivity index (χ0n) is 7.37. The summed E-state index contributed by atoms with van der Waals surface area (Å²) in [5.41, 5.74) is 0.107. The lowest BCUT2D eigenvalue weighted by molar-refractivity contribution is 0.0696. The minimum atomic E-state index is -1.02. The van der Waals surface area contributed by atoms with Crippen molar-refractivity contribution in [3.8, 4) is 5.75 Å². The summed E-state index contributed by atoms with van der Waals surface area (Å²) in [5.74, 6) is -0.0802. The molecule has 0 radical (unpaired) electrons. The second-order valence-corrected chi connectivity index (χ2v) is 2.33. The van der Waals surface area contributed by atoms with Crippen LogP contribution < -0.4 is 10.1 Å². The van der Waals surface area contributed by atoms with Crippen molar-refractivity contribution in [1.29, 1.82) is 0 Å². The molecule has 13 heavy (non-hydrogen) atoms. The van der Waals surface area contributed by atoms with E-state index in [1.807, 2.05) is 0 Å². The van der Waals surface area contributed by atoms with E-state index in [1.54, 1.807) is 7.05 Å². The Morgan fingerprint density at radius 1 is 1.69 bits per heavy atom. The van der Waals surface area contributed by atoms with Gasteiger partial charge >= 0.3 is 5.97 Å². The number of nitrogens with one attached hydrogen (secondary N) is 1. The van der Waals surface area contributed by atoms with Crippen LogP contribution in [0.1, 0.15) is 10.4 Å². The SMILES string of the molecule is CNc1ncc(C(=O)O)cc1OC. The van der Waals surface area contributed by atoms with Crippen LogP contribution in [0.3, 0.4) is 0 Å². The summed E-state index contributed by atoms with van der Waals surface area (Å²) in [6, 6.07) is 1.42. The van der Waals surface area contributed by atoms with E-state index in [4.69, 9.17) is 9.84 Å². The van der Waals surface area contributed by atoms with Crippen LogP contribution in [0.2, 0.25) is 0 Å². The molecule has 0 saturated heterocycles. The van der Waals surface area contributed by atoms with Gasteiger partial charge in [-0.3, -0.25) is 0 Å². The van der Waals surface area contributed by atoms with E-state index in [-0.39, 0.29) is 5.56 Å². The monoisotopic (exact) mass is 182 g/mol. The van der Waals surface area contributed by atoms with Gasteiger partial charge in [0.05, 0.1) is 12.7 Å². The van der Waals surface area contributed by atoms with E-state index in [0.717, 1.165) is 0 Å². The molecule has 0 aliphatic rings. The largest absolute Gasteiger partial charge is 0.493 e. The number of carboxylic acid groups (broad SMARTS) is 1. The van der Waals surface area contributed by atoms with Crippen LogP contribution in [0.5, 0.6) is 5.75 Å². The molecule has 0 aromatic carbocycles. The number of carbonyl (C=O) groups is 1. The standard InChI is InChI=1S/C8H10N2O3/c1-9-7-6(13-2)3-5(4-10-7)8(11)12/h3-4H,1-2H3,(H,9,10)(H,11,12). The summed E-state index contributed by atoms with van der Waals surface area (Å²) in [4.78, 5) is 14.4. The molecule has 1 aromatic heterocycles. The number of rotatable bonds is 3. The van der Waals surface area contributed by atoms with Crippen molar-refractivity contribution in [2.24, 2.45) is 0 Å². The Kier molecular flexibility index (Phi) is 2.69. The predicted octanol–water partition coefficient (Wildman–Crippen LogP) is 0.830. The number of nitrogens with zero attached hydrogens (tertiary/aromatic N) is 1. The Morgan fingerprint density at radius 3 is 2.85 bits per heavy atom. The van der Waals surface area contributed by atoms with Crippen LogP contribution in [0.25, 0.3) is 0 Å². The van der Waals surface area contributed by atoms with E-state index in [1.165, 1.54) is 19.4 Å². The predicted molar refractivity (Wildman–Crippen MR) is 47.3 cm³/mol. The van der Waals surface area contributed by atoms with Crippen molar-refractivity contribution >= 4 is 11.8 Å². The van der Waals surface area contributed by atoms with Gasteiger partial charge in [-0.1, -0.05) is 0 Å². The van der Waals surface area contributed by atoms with Crippen molar-refractivity contribution in [2.75, 3.05) is 19.5 Å². The highest BCUT2D eigenvalue weighted by atomic mass is 16.5. The van der Waals surface area contributed by atoms with Gasteiger partial charge in [-0.25, -0.2) is 9.78 Å². The van der Waals surface area contributed by atoms with Gasteiger partial charge in [-0.2, -0.15) is 0 Å². The summed E-state index contributed by atoms with van der Waals surface area (Å²) in [7, 11) is 3.15. The minimum Gasteiger partial charge on any atom is -0.493 e. The summed E-state index contributed by atoms with van der Waals surface area (Å²) >= 11 is 0. The fourth-order valence-electron chi connectivity index (χ4n) is 0.905. The number of carboxylic acids is 1. The van der Waals surface area contributed by atoms with E-state index in [2.05, 4.69) is 10.3 Å². The molecule has 1 aromatic rings. The maximum absolute atomic E-state index is 10.6. The van der Waals surface area contributed by atoms with Crippen LogP contribution in [-0.2, 0) is 0 Å². The maximum atomic E-state index is 10.6. The molecule has 0 unspecified atom stereocenters. The molecule has 0 spiro atoms. The van der Waals surface area contributed by atoms with Gasteiger partial charge in [-0.05, 0) is 0 Å². The molecular formula is C8H10N2O3. The molecule has 0 fully saturated rings. The Labute approximate surface area is 75.4 Å². The Bertz CT molecular complexity index is 325. The minimum absolute atomic E-state index is 0.107. The molecule has 1 rings (SSSR count). The maximum Gasteiger partial charge on any atom is 0.337 e. The van der Waals surface area contributed by atoms with E-state index < -0.39 is 5.97 Å². The molecule has 0 atom stereocenters. The van der Waals surface area contributed by atoms with Crippen LogP contribution in [0.4, 0.5) is 5.82 Å². The molecule has 0 aliphatic heterocycles. The third-order valence-corrected chi connectivity index (χ3v) is 1.56. The third-order valence-electron chi connectivity index (χ3n) is 1.56. The van der Waals surface area contributed by atoms with E-state index in [9.17, 15) is 4.79 Å². The number of hydrogen-bond donors (Lipinski definition) is 2. The second-order valence-electron chi connectivity index (χ2n) is 2.33. The lowest BCUT2D eigenvalue weighted by atomic mass is 10.2.